The van der Waals surface area contributed by atoms with Crippen LogP contribution in [0, 0.1) is 35.0 Å². The summed E-state index contributed by atoms with van der Waals surface area (Å²) in [6, 6.07) is -3.52. The minimum Gasteiger partial charge on any atom is -0.349 e. The maximum absolute atomic E-state index is 14.3. The molecule has 1 heterocycles. The lowest BCUT2D eigenvalue weighted by Crippen LogP contribution is -2.65. The van der Waals surface area contributed by atoms with Crippen LogP contribution in [-0.2, 0) is 19.2 Å². The Kier molecular flexibility index (Phi) is 9.92. The van der Waals surface area contributed by atoms with Crippen LogP contribution in [0.15, 0.2) is 25.3 Å². The van der Waals surface area contributed by atoms with Crippen molar-refractivity contribution in [2.45, 2.75) is 107 Å². The lowest BCUT2D eigenvalue weighted by Gasteiger charge is -2.56. The van der Waals surface area contributed by atoms with E-state index < -0.39 is 57.3 Å². The van der Waals surface area contributed by atoms with Crippen LogP contribution in [0.25, 0.3) is 0 Å². The molecule has 5 atom stereocenters. The molecule has 46 heavy (non-hydrogen) atoms. The number of likely N-dealkylation sites (tertiary alicyclic amines) is 1. The molecule has 12 heteroatoms. The summed E-state index contributed by atoms with van der Waals surface area (Å²) in [5, 5.41) is 11.5. The first-order chi connectivity index (χ1) is 21.6. The molecule has 254 valence electrons. The Balaban J connectivity index is 1.30. The van der Waals surface area contributed by atoms with Gasteiger partial charge >= 0.3 is 6.03 Å². The topological polar surface area (TPSA) is 137 Å². The van der Waals surface area contributed by atoms with Gasteiger partial charge in [-0.15, -0.1) is 36.4 Å². The fourth-order valence-corrected chi connectivity index (χ4v) is 9.79. The Hall–Kier alpha value is -2.59. The van der Waals surface area contributed by atoms with Gasteiger partial charge in [0.05, 0.1) is 6.04 Å². The number of carbonyl (C=O) groups excluding carboxylic acids is 5. The summed E-state index contributed by atoms with van der Waals surface area (Å²) in [7, 11) is 0. The van der Waals surface area contributed by atoms with E-state index in [1.54, 1.807) is 12.2 Å². The predicted octanol–water partition coefficient (Wildman–Crippen LogP) is 4.01. The highest BCUT2D eigenvalue weighted by molar-refractivity contribution is 6.51. The summed E-state index contributed by atoms with van der Waals surface area (Å²) in [4.78, 5) is 68.9. The van der Waals surface area contributed by atoms with Gasteiger partial charge in [-0.25, -0.2) is 4.79 Å². The molecule has 10 nitrogen and oxygen atoms in total. The number of hydrogen-bond donors (Lipinski definition) is 4. The summed E-state index contributed by atoms with van der Waals surface area (Å²) in [5.41, 5.74) is -0.918. The average molecular weight is 679 g/mol. The third-order valence-electron chi connectivity index (χ3n) is 10.8. The van der Waals surface area contributed by atoms with Crippen molar-refractivity contribution in [3.8, 4) is 0 Å². The smallest absolute Gasteiger partial charge is 0.315 e. The molecule has 1 saturated heterocycles. The first-order valence-corrected chi connectivity index (χ1v) is 17.5. The van der Waals surface area contributed by atoms with Crippen molar-refractivity contribution in [3.05, 3.63) is 25.3 Å². The number of ketones is 1. The molecule has 4 N–H and O–H groups in total. The van der Waals surface area contributed by atoms with Crippen molar-refractivity contribution >= 4 is 52.7 Å². The molecule has 0 aromatic carbocycles. The van der Waals surface area contributed by atoms with E-state index in [1.165, 1.54) is 24.2 Å². The van der Waals surface area contributed by atoms with Crippen LogP contribution in [0.2, 0.25) is 0 Å². The lowest BCUT2D eigenvalue weighted by molar-refractivity contribution is -0.144. The maximum atomic E-state index is 14.3. The maximum Gasteiger partial charge on any atom is 0.315 e. The molecule has 0 radical (unpaired) electrons. The van der Waals surface area contributed by atoms with Crippen LogP contribution in [0.5, 0.6) is 0 Å². The number of allylic oxidation sites excluding steroid dienone is 1. The van der Waals surface area contributed by atoms with Gasteiger partial charge in [0.15, 0.2) is 0 Å². The Morgan fingerprint density at radius 2 is 1.52 bits per heavy atom. The van der Waals surface area contributed by atoms with Gasteiger partial charge in [0, 0.05) is 30.5 Å². The minimum atomic E-state index is -1.21. The van der Waals surface area contributed by atoms with Crippen molar-refractivity contribution in [1.29, 1.82) is 0 Å². The number of carbonyl (C=O) groups is 5. The van der Waals surface area contributed by atoms with Gasteiger partial charge in [-0.1, -0.05) is 32.9 Å². The summed E-state index contributed by atoms with van der Waals surface area (Å²) in [5.74, 6) is -1.60. The second-order valence-corrected chi connectivity index (χ2v) is 16.9. The van der Waals surface area contributed by atoms with Crippen LogP contribution in [0.1, 0.15) is 78.6 Å². The summed E-state index contributed by atoms with van der Waals surface area (Å²) in [6.07, 6.45) is 10.9. The monoisotopic (exact) mass is 677 g/mol. The van der Waals surface area contributed by atoms with Crippen LogP contribution in [0.4, 0.5) is 4.79 Å². The molecule has 0 aromatic rings. The Morgan fingerprint density at radius 1 is 0.935 bits per heavy atom. The molecule has 4 bridgehead atoms. The average Bonchev–Trinajstić information content (AvgIpc) is 3.27. The second kappa shape index (κ2) is 13.1. The molecule has 0 aromatic heterocycles. The number of fused-ring (bicyclic) bond motifs is 1. The SMILES string of the molecule is C=CCCNC(=O)C(=O)[C@H](CCC=C)NC(=O)[C@@H]1[C@@H]2[C@H](CN1C(=O)[C@@H](NC(=O)NC13CC4CC(CC(C4)C1)C3)C(C)(C)C)C2(Cl)Cl. The third-order valence-corrected chi connectivity index (χ3v) is 11.9. The van der Waals surface area contributed by atoms with Gasteiger partial charge in [0.25, 0.3) is 5.91 Å². The van der Waals surface area contributed by atoms with Crippen LogP contribution in [-0.4, -0.2) is 75.5 Å². The van der Waals surface area contributed by atoms with Crippen molar-refractivity contribution in [3.63, 3.8) is 0 Å². The van der Waals surface area contributed by atoms with Crippen LogP contribution < -0.4 is 21.3 Å². The van der Waals surface area contributed by atoms with Crippen molar-refractivity contribution < 1.29 is 24.0 Å². The molecule has 0 unspecified atom stereocenters. The third kappa shape index (κ3) is 6.98. The van der Waals surface area contributed by atoms with Gasteiger partial charge in [-0.3, -0.25) is 19.2 Å². The zero-order valence-corrected chi connectivity index (χ0v) is 28.7. The van der Waals surface area contributed by atoms with Crippen LogP contribution >= 0.6 is 23.2 Å². The number of alkyl halides is 2. The Morgan fingerprint density at radius 3 is 2.07 bits per heavy atom. The first kappa shape index (κ1) is 34.7. The number of halogens is 2. The van der Waals surface area contributed by atoms with E-state index in [-0.39, 0.29) is 37.0 Å². The minimum absolute atomic E-state index is 0.132. The number of piperidine rings is 1. The summed E-state index contributed by atoms with van der Waals surface area (Å²) >= 11 is 13.1. The largest absolute Gasteiger partial charge is 0.349 e. The molecule has 0 spiro atoms. The number of nitrogens with one attached hydrogen (secondary N) is 4. The fraction of sp³-hybridized carbons (Fsp3) is 0.735. The number of amides is 5. The van der Waals surface area contributed by atoms with E-state index in [2.05, 4.69) is 34.4 Å². The number of urea groups is 1. The summed E-state index contributed by atoms with van der Waals surface area (Å²) < 4.78 is -1.21. The standard InChI is InChI=1S/C34H49Cl2N5O5/c1-6-8-10-23(26(42)29(44)37-11-9-7-2)38-28(43)25-24-22(34(24,35)36)18-41(25)30(45)27(32(3,4)5)39-31(46)40-33-15-19-12-20(16-33)14-21(13-19)17-33/h6-7,19-25,27H,1-2,8-18H2,3-5H3,(H,37,44)(H,38,43)(H2,39,40,46)/t19?,20?,21?,22-,23-,24-,25-,27+,33?/m0/s1. The number of rotatable bonds is 13. The highest BCUT2D eigenvalue weighted by Crippen LogP contribution is 2.65. The highest BCUT2D eigenvalue weighted by Gasteiger charge is 2.74. The highest BCUT2D eigenvalue weighted by atomic mass is 35.5. The first-order valence-electron chi connectivity index (χ1n) is 16.7. The van der Waals surface area contributed by atoms with Gasteiger partial charge in [-0.2, -0.15) is 0 Å². The predicted molar refractivity (Wildman–Crippen MR) is 177 cm³/mol. The van der Waals surface area contributed by atoms with Crippen molar-refractivity contribution in [2.75, 3.05) is 13.1 Å². The van der Waals surface area contributed by atoms with E-state index in [0.717, 1.165) is 19.3 Å². The Labute approximate surface area is 282 Å². The lowest BCUT2D eigenvalue weighted by atomic mass is 9.53. The molecule has 5 amide bonds. The summed E-state index contributed by atoms with van der Waals surface area (Å²) in [6.45, 7) is 13.3. The van der Waals surface area contributed by atoms with Crippen molar-refractivity contribution in [1.82, 2.24) is 26.2 Å². The molecule has 6 rings (SSSR count). The van der Waals surface area contributed by atoms with E-state index >= 15 is 0 Å². The van der Waals surface area contributed by atoms with E-state index in [1.807, 2.05) is 20.8 Å². The second-order valence-electron chi connectivity index (χ2n) is 15.5. The quantitative estimate of drug-likeness (QED) is 0.101. The van der Waals surface area contributed by atoms with E-state index in [4.69, 9.17) is 23.2 Å². The number of Topliss-reactive ketones (excluding diaryl/α,β-unsaturated/α-hetero) is 1. The fourth-order valence-electron chi connectivity index (χ4n) is 8.96. The molecular formula is C34H49Cl2N5O5. The van der Waals surface area contributed by atoms with Crippen LogP contribution in [0.3, 0.4) is 0 Å². The van der Waals surface area contributed by atoms with Gasteiger partial charge in [0.1, 0.15) is 16.4 Å². The van der Waals surface area contributed by atoms with E-state index in [0.29, 0.717) is 30.6 Å². The molecule has 5 saturated carbocycles. The molecule has 1 aliphatic heterocycles. The molecular weight excluding hydrogens is 629 g/mol. The zero-order chi connectivity index (χ0) is 33.6. The Bertz CT molecular complexity index is 1240. The number of nitrogens with zero attached hydrogens (tertiary/aromatic N) is 1. The molecule has 6 aliphatic rings. The van der Waals surface area contributed by atoms with Gasteiger partial charge < -0.3 is 26.2 Å². The zero-order valence-electron chi connectivity index (χ0n) is 27.2. The van der Waals surface area contributed by atoms with Gasteiger partial charge in [0.2, 0.25) is 17.6 Å². The molecule has 6 fully saturated rings. The molecule has 5 aliphatic carbocycles. The van der Waals surface area contributed by atoms with E-state index in [9.17, 15) is 24.0 Å². The van der Waals surface area contributed by atoms with Gasteiger partial charge in [-0.05, 0) is 81.0 Å². The normalized spacial score (nSPS) is 32.8. The van der Waals surface area contributed by atoms with Crippen molar-refractivity contribution in [2.24, 2.45) is 35.0 Å². The number of hydrogen-bond acceptors (Lipinski definition) is 5.